The van der Waals surface area contributed by atoms with Crippen LogP contribution in [0.25, 0.3) is 0 Å². The molecule has 0 heterocycles. The molecule has 0 saturated heterocycles. The summed E-state index contributed by atoms with van der Waals surface area (Å²) >= 11 is 0. The molecule has 2 rings (SSSR count). The first-order chi connectivity index (χ1) is 9.65. The molecule has 0 bridgehead atoms. The van der Waals surface area contributed by atoms with Crippen LogP contribution in [0.1, 0.15) is 26.2 Å². The summed E-state index contributed by atoms with van der Waals surface area (Å²) < 4.78 is 5.14. The summed E-state index contributed by atoms with van der Waals surface area (Å²) in [5, 5.41) is 6.26. The van der Waals surface area contributed by atoms with Gasteiger partial charge in [-0.2, -0.15) is 0 Å². The summed E-state index contributed by atoms with van der Waals surface area (Å²) in [6, 6.07) is 9.37. The smallest absolute Gasteiger partial charge is 0.241 e. The lowest BCUT2D eigenvalue weighted by atomic mass is 10.0. The highest BCUT2D eigenvalue weighted by atomic mass is 16.5. The molecule has 0 aromatic heterocycles. The topological polar surface area (TPSA) is 50.4 Å². The molecule has 1 aromatic rings. The number of carbonyl (C=O) groups is 1. The predicted octanol–water partition coefficient (Wildman–Crippen LogP) is 2.42. The van der Waals surface area contributed by atoms with Gasteiger partial charge in [0.1, 0.15) is 0 Å². The first-order valence-electron chi connectivity index (χ1n) is 7.23. The molecule has 2 N–H and O–H groups in total. The van der Waals surface area contributed by atoms with Crippen LogP contribution in [0.5, 0.6) is 0 Å². The van der Waals surface area contributed by atoms with Gasteiger partial charge in [-0.1, -0.05) is 18.2 Å². The monoisotopic (exact) mass is 276 g/mol. The van der Waals surface area contributed by atoms with Crippen LogP contribution in [0.15, 0.2) is 30.3 Å². The Kier molecular flexibility index (Phi) is 5.15. The molecule has 1 unspecified atom stereocenters. The second-order valence-corrected chi connectivity index (χ2v) is 5.70. The van der Waals surface area contributed by atoms with Gasteiger partial charge in [0.2, 0.25) is 5.91 Å². The van der Waals surface area contributed by atoms with Crippen LogP contribution < -0.4 is 10.6 Å². The summed E-state index contributed by atoms with van der Waals surface area (Å²) in [7, 11) is 1.74. The summed E-state index contributed by atoms with van der Waals surface area (Å²) in [6.07, 6.45) is 3.54. The van der Waals surface area contributed by atoms with E-state index in [0.29, 0.717) is 5.41 Å². The summed E-state index contributed by atoms with van der Waals surface area (Å²) in [6.45, 7) is 3.59. The van der Waals surface area contributed by atoms with Gasteiger partial charge in [0.25, 0.3) is 0 Å². The number of anilines is 1. The lowest BCUT2D eigenvalue weighted by Crippen LogP contribution is -2.41. The second-order valence-electron chi connectivity index (χ2n) is 5.70. The van der Waals surface area contributed by atoms with Gasteiger partial charge in [-0.3, -0.25) is 4.79 Å². The molecule has 0 radical (unpaired) electrons. The van der Waals surface area contributed by atoms with Crippen molar-refractivity contribution < 1.29 is 9.53 Å². The first-order valence-corrected chi connectivity index (χ1v) is 7.23. The highest BCUT2D eigenvalue weighted by Crippen LogP contribution is 2.48. The van der Waals surface area contributed by atoms with E-state index < -0.39 is 0 Å². The normalized spacial score (nSPS) is 17.5. The second kappa shape index (κ2) is 6.86. The van der Waals surface area contributed by atoms with Crippen molar-refractivity contribution in [2.24, 2.45) is 5.41 Å². The highest BCUT2D eigenvalue weighted by Gasteiger charge is 2.42. The van der Waals surface area contributed by atoms with E-state index in [0.717, 1.165) is 25.3 Å². The Morgan fingerprint density at radius 3 is 2.65 bits per heavy atom. The third-order valence-corrected chi connectivity index (χ3v) is 4.01. The average Bonchev–Trinajstić information content (AvgIpc) is 3.24. The number of para-hydroxylation sites is 1. The molecular weight excluding hydrogens is 252 g/mol. The Bertz CT molecular complexity index is 429. The van der Waals surface area contributed by atoms with Crippen LogP contribution in [-0.4, -0.2) is 32.2 Å². The van der Waals surface area contributed by atoms with E-state index in [1.54, 1.807) is 7.11 Å². The minimum absolute atomic E-state index is 0.0127. The lowest BCUT2D eigenvalue weighted by molar-refractivity contribution is -0.117. The van der Waals surface area contributed by atoms with E-state index in [9.17, 15) is 4.79 Å². The van der Waals surface area contributed by atoms with Crippen molar-refractivity contribution in [3.8, 4) is 0 Å². The van der Waals surface area contributed by atoms with Crippen molar-refractivity contribution in [1.29, 1.82) is 0 Å². The third kappa shape index (κ3) is 4.32. The van der Waals surface area contributed by atoms with Crippen molar-refractivity contribution in [1.82, 2.24) is 5.32 Å². The number of benzene rings is 1. The standard InChI is InChI=1S/C16H24N2O2/c1-13(15(19)18-14-6-4-3-5-7-14)17-12-16(8-9-16)10-11-20-2/h3-7,13,17H,8-12H2,1-2H3,(H,18,19). The Morgan fingerprint density at radius 1 is 1.35 bits per heavy atom. The Balaban J connectivity index is 1.74. The summed E-state index contributed by atoms with van der Waals surface area (Å²) in [4.78, 5) is 12.1. The molecule has 1 saturated carbocycles. The number of ether oxygens (including phenoxy) is 1. The fraction of sp³-hybridized carbons (Fsp3) is 0.562. The zero-order valence-corrected chi connectivity index (χ0v) is 12.3. The number of hydrogen-bond donors (Lipinski definition) is 2. The highest BCUT2D eigenvalue weighted by molar-refractivity contribution is 5.94. The molecule has 20 heavy (non-hydrogen) atoms. The number of hydrogen-bond acceptors (Lipinski definition) is 3. The largest absolute Gasteiger partial charge is 0.385 e. The number of carbonyl (C=O) groups excluding carboxylic acids is 1. The number of amides is 1. The molecular formula is C16H24N2O2. The van der Waals surface area contributed by atoms with E-state index in [2.05, 4.69) is 10.6 Å². The molecule has 1 amide bonds. The van der Waals surface area contributed by atoms with Crippen molar-refractivity contribution in [3.05, 3.63) is 30.3 Å². The van der Waals surface area contributed by atoms with Crippen LogP contribution in [0.2, 0.25) is 0 Å². The first kappa shape index (κ1) is 15.0. The van der Waals surface area contributed by atoms with Crippen molar-refractivity contribution in [3.63, 3.8) is 0 Å². The number of rotatable bonds is 8. The molecule has 1 aliphatic carbocycles. The molecule has 1 fully saturated rings. The van der Waals surface area contributed by atoms with E-state index in [1.165, 1.54) is 12.8 Å². The minimum atomic E-state index is -0.185. The maximum absolute atomic E-state index is 12.1. The van der Waals surface area contributed by atoms with Gasteiger partial charge in [0.05, 0.1) is 6.04 Å². The Morgan fingerprint density at radius 2 is 2.05 bits per heavy atom. The average molecular weight is 276 g/mol. The van der Waals surface area contributed by atoms with E-state index in [-0.39, 0.29) is 11.9 Å². The molecule has 0 aliphatic heterocycles. The van der Waals surface area contributed by atoms with Crippen molar-refractivity contribution in [2.75, 3.05) is 25.6 Å². The van der Waals surface area contributed by atoms with Crippen molar-refractivity contribution in [2.45, 2.75) is 32.2 Å². The van der Waals surface area contributed by atoms with Crippen LogP contribution >= 0.6 is 0 Å². The quantitative estimate of drug-likeness (QED) is 0.766. The molecule has 0 spiro atoms. The van der Waals surface area contributed by atoms with Gasteiger partial charge in [0, 0.05) is 25.9 Å². The third-order valence-electron chi connectivity index (χ3n) is 4.01. The SMILES string of the molecule is COCCC1(CNC(C)C(=O)Nc2ccccc2)CC1. The maximum atomic E-state index is 12.1. The zero-order valence-electron chi connectivity index (χ0n) is 12.3. The zero-order chi connectivity index (χ0) is 14.4. The van der Waals surface area contributed by atoms with E-state index >= 15 is 0 Å². The van der Waals surface area contributed by atoms with Gasteiger partial charge in [-0.25, -0.2) is 0 Å². The van der Waals surface area contributed by atoms with Crippen LogP contribution in [0.4, 0.5) is 5.69 Å². The molecule has 4 heteroatoms. The minimum Gasteiger partial charge on any atom is -0.385 e. The molecule has 1 aromatic carbocycles. The number of methoxy groups -OCH3 is 1. The fourth-order valence-corrected chi connectivity index (χ4v) is 2.24. The van der Waals surface area contributed by atoms with Crippen molar-refractivity contribution >= 4 is 11.6 Å². The van der Waals surface area contributed by atoms with Gasteiger partial charge in [-0.15, -0.1) is 0 Å². The summed E-state index contributed by atoms with van der Waals surface area (Å²) in [5.41, 5.74) is 1.20. The molecule has 4 nitrogen and oxygen atoms in total. The van der Waals surface area contributed by atoms with Crippen LogP contribution in [-0.2, 0) is 9.53 Å². The molecule has 110 valence electrons. The molecule has 1 atom stereocenters. The molecule has 1 aliphatic rings. The maximum Gasteiger partial charge on any atom is 0.241 e. The fourth-order valence-electron chi connectivity index (χ4n) is 2.24. The number of nitrogens with one attached hydrogen (secondary N) is 2. The van der Waals surface area contributed by atoms with Crippen LogP contribution in [0.3, 0.4) is 0 Å². The van der Waals surface area contributed by atoms with Gasteiger partial charge >= 0.3 is 0 Å². The van der Waals surface area contributed by atoms with Gasteiger partial charge < -0.3 is 15.4 Å². The Labute approximate surface area is 120 Å². The van der Waals surface area contributed by atoms with E-state index in [1.807, 2.05) is 37.3 Å². The predicted molar refractivity (Wildman–Crippen MR) is 80.7 cm³/mol. The summed E-state index contributed by atoms with van der Waals surface area (Å²) in [5.74, 6) is 0.0127. The Hall–Kier alpha value is -1.39. The van der Waals surface area contributed by atoms with Gasteiger partial charge in [-0.05, 0) is 43.7 Å². The van der Waals surface area contributed by atoms with Gasteiger partial charge in [0.15, 0.2) is 0 Å². The lowest BCUT2D eigenvalue weighted by Gasteiger charge is -2.19. The van der Waals surface area contributed by atoms with Crippen LogP contribution in [0, 0.1) is 5.41 Å². The van der Waals surface area contributed by atoms with E-state index in [4.69, 9.17) is 4.74 Å².